The first-order valence-electron chi connectivity index (χ1n) is 14.8. The fourth-order valence-electron chi connectivity index (χ4n) is 9.13. The highest BCUT2D eigenvalue weighted by molar-refractivity contribution is 5.60. The summed E-state index contributed by atoms with van der Waals surface area (Å²) in [6, 6.07) is 16.4. The van der Waals surface area contributed by atoms with Crippen LogP contribution in [0.4, 0.5) is 0 Å². The van der Waals surface area contributed by atoms with Crippen LogP contribution in [0.1, 0.15) is 86.5 Å². The second-order valence-corrected chi connectivity index (χ2v) is 13.8. The average molecular weight is 529 g/mol. The average Bonchev–Trinajstić information content (AvgIpc) is 2.99. The van der Waals surface area contributed by atoms with Crippen LogP contribution < -0.4 is 0 Å². The van der Waals surface area contributed by atoms with E-state index in [-0.39, 0.29) is 22.7 Å². The van der Waals surface area contributed by atoms with Gasteiger partial charge in [0.15, 0.2) is 0 Å². The Hall–Kier alpha value is -3.44. The zero-order valence-electron chi connectivity index (χ0n) is 23.6. The van der Waals surface area contributed by atoms with E-state index in [2.05, 4.69) is 62.2 Å². The van der Waals surface area contributed by atoms with E-state index in [0.717, 1.165) is 35.6 Å². The first-order chi connectivity index (χ1) is 19.3. The Bertz CT molecular complexity index is 1490. The number of rotatable bonds is 4. The standard InChI is InChI=1S/C35H36N4O/c1-34(2)23-15-25(34)31(19-13-29(38-17-21(19)23)27-9-5-7-11-36-27)33(40)32-20-14-30(28-10-6-8-12-37-28)39-18-22(20)24-16-26(32)35(24,3)4/h5-14,17-18,23-26,31-33,40H,15-16H2,1-4H3/t23-,24+,25+,26-,31-,32-,33?/m0/s1. The van der Waals surface area contributed by atoms with Crippen molar-refractivity contribution in [1.82, 2.24) is 19.9 Å². The van der Waals surface area contributed by atoms with E-state index in [0.29, 0.717) is 23.7 Å². The van der Waals surface area contributed by atoms with E-state index < -0.39 is 6.10 Å². The van der Waals surface area contributed by atoms with Gasteiger partial charge in [0.2, 0.25) is 0 Å². The number of hydrogen-bond donors (Lipinski definition) is 1. The lowest BCUT2D eigenvalue weighted by Gasteiger charge is -2.65. The van der Waals surface area contributed by atoms with Crippen molar-refractivity contribution in [2.75, 3.05) is 0 Å². The van der Waals surface area contributed by atoms with Crippen LogP contribution >= 0.6 is 0 Å². The van der Waals surface area contributed by atoms with E-state index in [4.69, 9.17) is 9.97 Å². The van der Waals surface area contributed by atoms with Crippen molar-refractivity contribution in [3.63, 3.8) is 0 Å². The van der Waals surface area contributed by atoms with E-state index >= 15 is 0 Å². The summed E-state index contributed by atoms with van der Waals surface area (Å²) in [5.74, 6) is 1.95. The highest BCUT2D eigenvalue weighted by Gasteiger charge is 2.63. The molecule has 0 amide bonds. The van der Waals surface area contributed by atoms with Crippen LogP contribution in [0.25, 0.3) is 22.8 Å². The molecule has 1 unspecified atom stereocenters. The van der Waals surface area contributed by atoms with Crippen molar-refractivity contribution >= 4 is 0 Å². The maximum absolute atomic E-state index is 12.7. The number of aliphatic hydroxyl groups is 1. The lowest BCUT2D eigenvalue weighted by atomic mass is 9.40. The molecule has 10 rings (SSSR count). The summed E-state index contributed by atoms with van der Waals surface area (Å²) in [4.78, 5) is 18.9. The number of aromatic nitrogens is 4. The van der Waals surface area contributed by atoms with Crippen LogP contribution in [0.3, 0.4) is 0 Å². The van der Waals surface area contributed by atoms with Crippen LogP contribution in [-0.4, -0.2) is 31.1 Å². The Morgan fingerprint density at radius 3 is 1.45 bits per heavy atom. The summed E-state index contributed by atoms with van der Waals surface area (Å²) in [6.45, 7) is 9.57. The molecule has 4 heterocycles. The Morgan fingerprint density at radius 1 is 0.625 bits per heavy atom. The van der Waals surface area contributed by atoms with Gasteiger partial charge >= 0.3 is 0 Å². The van der Waals surface area contributed by atoms with Gasteiger partial charge in [-0.2, -0.15) is 0 Å². The quantitative estimate of drug-likeness (QED) is 0.305. The van der Waals surface area contributed by atoms with Crippen LogP contribution in [0.2, 0.25) is 0 Å². The van der Waals surface area contributed by atoms with Gasteiger partial charge in [0, 0.05) is 36.6 Å². The molecule has 2 saturated carbocycles. The second-order valence-electron chi connectivity index (χ2n) is 13.8. The monoisotopic (exact) mass is 528 g/mol. The maximum atomic E-state index is 12.7. The predicted molar refractivity (Wildman–Crippen MR) is 156 cm³/mol. The smallest absolute Gasteiger partial charge is 0.0889 e. The van der Waals surface area contributed by atoms with Gasteiger partial charge in [-0.15, -0.1) is 0 Å². The maximum Gasteiger partial charge on any atom is 0.0889 e. The lowest BCUT2D eigenvalue weighted by Crippen LogP contribution is -2.58. The first kappa shape index (κ1) is 24.4. The molecule has 0 spiro atoms. The predicted octanol–water partition coefficient (Wildman–Crippen LogP) is 7.12. The SMILES string of the molecule is CC1(C)[C@@H]2C[C@H]1c1cnc(-c3ccccn3)cc1[C@@H]2C(O)[C@H]1c2cc(-c3ccccn3)ncc2[C@H]2C[C@@H]1C2(C)C. The summed E-state index contributed by atoms with van der Waals surface area (Å²) in [5, 5.41) is 12.7. The molecule has 0 saturated heterocycles. The topological polar surface area (TPSA) is 71.8 Å². The van der Waals surface area contributed by atoms with Gasteiger partial charge in [0.25, 0.3) is 0 Å². The Kier molecular flexibility index (Phi) is 5.05. The van der Waals surface area contributed by atoms with Gasteiger partial charge in [-0.3, -0.25) is 19.9 Å². The van der Waals surface area contributed by atoms with Gasteiger partial charge in [-0.25, -0.2) is 0 Å². The third-order valence-electron chi connectivity index (χ3n) is 11.5. The first-order valence-corrected chi connectivity index (χ1v) is 14.8. The molecule has 0 radical (unpaired) electrons. The molecule has 4 aromatic rings. The van der Waals surface area contributed by atoms with Crippen molar-refractivity contribution < 1.29 is 5.11 Å². The highest BCUT2D eigenvalue weighted by Crippen LogP contribution is 2.72. The largest absolute Gasteiger partial charge is 0.392 e. The summed E-state index contributed by atoms with van der Waals surface area (Å²) < 4.78 is 0. The summed E-state index contributed by atoms with van der Waals surface area (Å²) in [5.41, 5.74) is 9.04. The Labute approximate surface area is 236 Å². The molecule has 5 heteroatoms. The molecule has 4 bridgehead atoms. The van der Waals surface area contributed by atoms with E-state index in [1.165, 1.54) is 22.3 Å². The van der Waals surface area contributed by atoms with Crippen molar-refractivity contribution in [3.8, 4) is 22.8 Å². The minimum atomic E-state index is -0.494. The molecular formula is C35H36N4O. The van der Waals surface area contributed by atoms with Crippen molar-refractivity contribution in [2.24, 2.45) is 22.7 Å². The van der Waals surface area contributed by atoms with Crippen molar-refractivity contribution in [3.05, 3.63) is 95.6 Å². The van der Waals surface area contributed by atoms with Gasteiger partial charge in [0.05, 0.1) is 28.9 Å². The van der Waals surface area contributed by atoms with Crippen LogP contribution in [0, 0.1) is 22.7 Å². The summed E-state index contributed by atoms with van der Waals surface area (Å²) >= 11 is 0. The Balaban J connectivity index is 1.27. The number of pyridine rings is 4. The number of nitrogens with zero attached hydrogens (tertiary/aromatic N) is 4. The highest BCUT2D eigenvalue weighted by atomic mass is 16.3. The normalized spacial score (nSPS) is 30.7. The van der Waals surface area contributed by atoms with E-state index in [1.807, 2.05) is 48.8 Å². The molecule has 4 aromatic heterocycles. The molecule has 40 heavy (non-hydrogen) atoms. The molecule has 2 fully saturated rings. The molecule has 1 N–H and O–H groups in total. The molecular weight excluding hydrogens is 492 g/mol. The number of hydrogen-bond acceptors (Lipinski definition) is 5. The van der Waals surface area contributed by atoms with Crippen molar-refractivity contribution in [1.29, 1.82) is 0 Å². The Morgan fingerprint density at radius 2 is 1.07 bits per heavy atom. The van der Waals surface area contributed by atoms with E-state index in [1.54, 1.807) is 0 Å². The molecule has 202 valence electrons. The fraction of sp³-hybridized carbons (Fsp3) is 0.429. The molecule has 5 nitrogen and oxygen atoms in total. The molecule has 6 aliphatic rings. The molecule has 0 aliphatic heterocycles. The van der Waals surface area contributed by atoms with E-state index in [9.17, 15) is 5.11 Å². The van der Waals surface area contributed by atoms with Gasteiger partial charge in [-0.05, 0) is 106 Å². The summed E-state index contributed by atoms with van der Waals surface area (Å²) in [6.07, 6.45) is 9.57. The van der Waals surface area contributed by atoms with Gasteiger partial charge in [0.1, 0.15) is 0 Å². The molecule has 7 atom stereocenters. The van der Waals surface area contributed by atoms with Crippen LogP contribution in [0.15, 0.2) is 73.3 Å². The summed E-state index contributed by atoms with van der Waals surface area (Å²) in [7, 11) is 0. The van der Waals surface area contributed by atoms with Crippen LogP contribution in [0.5, 0.6) is 0 Å². The third kappa shape index (κ3) is 3.18. The molecule has 6 aliphatic carbocycles. The minimum absolute atomic E-state index is 0.0535. The van der Waals surface area contributed by atoms with Crippen LogP contribution in [-0.2, 0) is 0 Å². The zero-order valence-corrected chi connectivity index (χ0v) is 23.6. The third-order valence-corrected chi connectivity index (χ3v) is 11.5. The lowest BCUT2D eigenvalue weighted by molar-refractivity contribution is -0.0906. The second kappa shape index (κ2) is 8.29. The van der Waals surface area contributed by atoms with Gasteiger partial charge < -0.3 is 5.11 Å². The van der Waals surface area contributed by atoms with Gasteiger partial charge in [-0.1, -0.05) is 39.8 Å². The molecule has 0 aromatic carbocycles. The fourth-order valence-corrected chi connectivity index (χ4v) is 9.13. The van der Waals surface area contributed by atoms with Crippen molar-refractivity contribution in [2.45, 2.75) is 70.3 Å². The zero-order chi connectivity index (χ0) is 27.4. The minimum Gasteiger partial charge on any atom is -0.392 e. The number of aliphatic hydroxyl groups excluding tert-OH is 1.